The van der Waals surface area contributed by atoms with Gasteiger partial charge in [0.15, 0.2) is 9.84 Å². The minimum absolute atomic E-state index is 0.0196. The first-order valence-corrected chi connectivity index (χ1v) is 8.03. The second kappa shape index (κ2) is 5.94. The molecular weight excluding hydrogens is 308 g/mol. The Morgan fingerprint density at radius 3 is 2.45 bits per heavy atom. The lowest BCUT2D eigenvalue weighted by Gasteiger charge is -2.09. The van der Waals surface area contributed by atoms with Crippen LogP contribution in [0.2, 0.25) is 0 Å². The van der Waals surface area contributed by atoms with Crippen LogP contribution < -0.4 is 5.32 Å². The molecule has 0 spiro atoms. The lowest BCUT2D eigenvalue weighted by molar-refractivity contribution is -0.384. The average molecular weight is 320 g/mol. The van der Waals surface area contributed by atoms with Gasteiger partial charge >= 0.3 is 0 Å². The van der Waals surface area contributed by atoms with Gasteiger partial charge in [-0.25, -0.2) is 8.42 Å². The molecule has 0 aromatic heterocycles. The van der Waals surface area contributed by atoms with Crippen molar-refractivity contribution in [2.45, 2.75) is 4.90 Å². The number of benzene rings is 2. The van der Waals surface area contributed by atoms with Crippen LogP contribution >= 0.6 is 0 Å². The van der Waals surface area contributed by atoms with Crippen LogP contribution in [-0.2, 0) is 9.84 Å². The molecule has 7 nitrogen and oxygen atoms in total. The summed E-state index contributed by atoms with van der Waals surface area (Å²) in [5.74, 6) is -0.625. The van der Waals surface area contributed by atoms with Crippen molar-refractivity contribution in [1.29, 1.82) is 0 Å². The standard InChI is InChI=1S/C14H12N2O5S/c1-22(20,21)13-8-3-2-7-12(13)15-14(17)10-5-4-6-11(9-10)16(18)19/h2-9H,1H3,(H,15,17). The second-order valence-corrected chi connectivity index (χ2v) is 6.51. The van der Waals surface area contributed by atoms with E-state index in [2.05, 4.69) is 5.32 Å². The van der Waals surface area contributed by atoms with Gasteiger partial charge in [-0.1, -0.05) is 18.2 Å². The van der Waals surface area contributed by atoms with Gasteiger partial charge in [-0.3, -0.25) is 14.9 Å². The number of carbonyl (C=O) groups excluding carboxylic acids is 1. The van der Waals surface area contributed by atoms with Crippen molar-refractivity contribution in [1.82, 2.24) is 0 Å². The van der Waals surface area contributed by atoms with E-state index >= 15 is 0 Å². The highest BCUT2D eigenvalue weighted by Crippen LogP contribution is 2.22. The zero-order valence-corrected chi connectivity index (χ0v) is 12.3. The van der Waals surface area contributed by atoms with Gasteiger partial charge in [0.2, 0.25) is 0 Å². The summed E-state index contributed by atoms with van der Waals surface area (Å²) >= 11 is 0. The molecule has 0 unspecified atom stereocenters. The quantitative estimate of drug-likeness (QED) is 0.687. The zero-order valence-electron chi connectivity index (χ0n) is 11.5. The highest BCUT2D eigenvalue weighted by atomic mass is 32.2. The van der Waals surface area contributed by atoms with Gasteiger partial charge in [-0.05, 0) is 18.2 Å². The third-order valence-corrected chi connectivity index (χ3v) is 4.01. The molecule has 2 aromatic carbocycles. The number of nitrogens with zero attached hydrogens (tertiary/aromatic N) is 1. The third-order valence-electron chi connectivity index (χ3n) is 2.85. The number of sulfone groups is 1. The molecule has 0 aliphatic heterocycles. The molecule has 2 aromatic rings. The van der Waals surface area contributed by atoms with Gasteiger partial charge in [0, 0.05) is 24.0 Å². The number of hydrogen-bond acceptors (Lipinski definition) is 5. The molecule has 22 heavy (non-hydrogen) atoms. The molecule has 0 heterocycles. The molecule has 1 amide bonds. The van der Waals surface area contributed by atoms with Crippen molar-refractivity contribution in [2.75, 3.05) is 11.6 Å². The first-order valence-electron chi connectivity index (χ1n) is 6.14. The van der Waals surface area contributed by atoms with Gasteiger partial charge in [-0.2, -0.15) is 0 Å². The Balaban J connectivity index is 2.34. The molecule has 0 atom stereocenters. The fourth-order valence-electron chi connectivity index (χ4n) is 1.85. The van der Waals surface area contributed by atoms with Crippen molar-refractivity contribution >= 4 is 27.1 Å². The number of nitro groups is 1. The summed E-state index contributed by atoms with van der Waals surface area (Å²) in [6.07, 6.45) is 1.03. The van der Waals surface area contributed by atoms with E-state index in [4.69, 9.17) is 0 Å². The maximum Gasteiger partial charge on any atom is 0.270 e. The number of para-hydroxylation sites is 1. The predicted molar refractivity (Wildman–Crippen MR) is 80.6 cm³/mol. The molecular formula is C14H12N2O5S. The van der Waals surface area contributed by atoms with Crippen LogP contribution in [0.15, 0.2) is 53.4 Å². The monoisotopic (exact) mass is 320 g/mol. The number of nitro benzene ring substituents is 1. The molecule has 0 saturated carbocycles. The number of non-ortho nitro benzene ring substituents is 1. The molecule has 1 N–H and O–H groups in total. The Hall–Kier alpha value is -2.74. The molecule has 0 fully saturated rings. The molecule has 2 rings (SSSR count). The van der Waals surface area contributed by atoms with Crippen molar-refractivity contribution in [2.24, 2.45) is 0 Å². The van der Waals surface area contributed by atoms with Crippen LogP contribution in [0.5, 0.6) is 0 Å². The molecule has 0 saturated heterocycles. The van der Waals surface area contributed by atoms with Gasteiger partial charge in [0.05, 0.1) is 15.5 Å². The summed E-state index contributed by atoms with van der Waals surface area (Å²) in [7, 11) is -3.51. The van der Waals surface area contributed by atoms with E-state index in [9.17, 15) is 23.3 Å². The number of anilines is 1. The number of carbonyl (C=O) groups is 1. The van der Waals surface area contributed by atoms with Crippen LogP contribution in [0.3, 0.4) is 0 Å². The van der Waals surface area contributed by atoms with E-state index in [1.807, 2.05) is 0 Å². The molecule has 0 radical (unpaired) electrons. The Bertz CT molecular complexity index is 846. The predicted octanol–water partition coefficient (Wildman–Crippen LogP) is 2.25. The highest BCUT2D eigenvalue weighted by molar-refractivity contribution is 7.90. The SMILES string of the molecule is CS(=O)(=O)c1ccccc1NC(=O)c1cccc([N+](=O)[O-])c1. The lowest BCUT2D eigenvalue weighted by Crippen LogP contribution is -2.14. The second-order valence-electron chi connectivity index (χ2n) is 4.53. The van der Waals surface area contributed by atoms with E-state index in [0.29, 0.717) is 0 Å². The summed E-state index contributed by atoms with van der Waals surface area (Å²) in [4.78, 5) is 22.2. The van der Waals surface area contributed by atoms with E-state index in [-0.39, 0.29) is 21.8 Å². The van der Waals surface area contributed by atoms with Crippen molar-refractivity contribution in [3.63, 3.8) is 0 Å². The summed E-state index contributed by atoms with van der Waals surface area (Å²) in [5.41, 5.74) is -0.0249. The minimum atomic E-state index is -3.51. The Labute approximate surface area is 126 Å². The maximum atomic E-state index is 12.1. The Kier molecular flexibility index (Phi) is 4.22. The summed E-state index contributed by atoms with van der Waals surface area (Å²) in [6, 6.07) is 11.1. The van der Waals surface area contributed by atoms with Gasteiger partial charge in [-0.15, -0.1) is 0 Å². The normalized spacial score (nSPS) is 11.0. The first-order chi connectivity index (χ1) is 10.3. The molecule has 8 heteroatoms. The van der Waals surface area contributed by atoms with Crippen LogP contribution in [-0.4, -0.2) is 25.5 Å². The topological polar surface area (TPSA) is 106 Å². The van der Waals surface area contributed by atoms with Crippen molar-refractivity contribution < 1.29 is 18.1 Å². The van der Waals surface area contributed by atoms with Crippen LogP contribution in [0.25, 0.3) is 0 Å². The van der Waals surface area contributed by atoms with E-state index in [0.717, 1.165) is 12.3 Å². The average Bonchev–Trinajstić information content (AvgIpc) is 2.46. The maximum absolute atomic E-state index is 12.1. The van der Waals surface area contributed by atoms with Crippen LogP contribution in [0.4, 0.5) is 11.4 Å². The van der Waals surface area contributed by atoms with Crippen LogP contribution in [0.1, 0.15) is 10.4 Å². The smallest absolute Gasteiger partial charge is 0.270 e. The fourth-order valence-corrected chi connectivity index (χ4v) is 2.69. The van der Waals surface area contributed by atoms with Gasteiger partial charge in [0.25, 0.3) is 11.6 Å². The first kappa shape index (κ1) is 15.6. The van der Waals surface area contributed by atoms with E-state index < -0.39 is 20.7 Å². The molecule has 0 aliphatic rings. The number of amides is 1. The Morgan fingerprint density at radius 1 is 1.14 bits per heavy atom. The van der Waals surface area contributed by atoms with Crippen molar-refractivity contribution in [3.8, 4) is 0 Å². The van der Waals surface area contributed by atoms with Gasteiger partial charge in [0.1, 0.15) is 0 Å². The Morgan fingerprint density at radius 2 is 1.82 bits per heavy atom. The highest BCUT2D eigenvalue weighted by Gasteiger charge is 2.16. The summed E-state index contributed by atoms with van der Waals surface area (Å²) in [6.45, 7) is 0. The summed E-state index contributed by atoms with van der Waals surface area (Å²) < 4.78 is 23.3. The molecule has 0 bridgehead atoms. The molecule has 0 aliphatic carbocycles. The van der Waals surface area contributed by atoms with Crippen molar-refractivity contribution in [3.05, 3.63) is 64.2 Å². The zero-order chi connectivity index (χ0) is 16.3. The number of rotatable bonds is 4. The largest absolute Gasteiger partial charge is 0.321 e. The fraction of sp³-hybridized carbons (Fsp3) is 0.0714. The third kappa shape index (κ3) is 3.47. The van der Waals surface area contributed by atoms with Gasteiger partial charge < -0.3 is 5.32 Å². The lowest BCUT2D eigenvalue weighted by atomic mass is 10.2. The van der Waals surface area contributed by atoms with E-state index in [1.54, 1.807) is 12.1 Å². The minimum Gasteiger partial charge on any atom is -0.321 e. The summed E-state index contributed by atoms with van der Waals surface area (Å²) in [5, 5.41) is 13.2. The number of hydrogen-bond donors (Lipinski definition) is 1. The van der Waals surface area contributed by atoms with Crippen LogP contribution in [0, 0.1) is 10.1 Å². The van der Waals surface area contributed by atoms with E-state index in [1.165, 1.54) is 30.3 Å². The molecule has 114 valence electrons. The number of nitrogens with one attached hydrogen (secondary N) is 1.